The monoisotopic (exact) mass is 228 g/mol. The SMILES string of the molecule is CC(O)CCCNCC(=O)N1CCCCC1. The average molecular weight is 228 g/mol. The molecular weight excluding hydrogens is 204 g/mol. The van der Waals surface area contributed by atoms with Crippen LogP contribution in [0.25, 0.3) is 0 Å². The van der Waals surface area contributed by atoms with Gasteiger partial charge in [0, 0.05) is 13.1 Å². The maximum absolute atomic E-state index is 11.7. The number of nitrogens with zero attached hydrogens (tertiary/aromatic N) is 1. The quantitative estimate of drug-likeness (QED) is 0.660. The smallest absolute Gasteiger partial charge is 0.236 e. The molecule has 4 nitrogen and oxygen atoms in total. The highest BCUT2D eigenvalue weighted by atomic mass is 16.3. The van der Waals surface area contributed by atoms with Crippen LogP contribution >= 0.6 is 0 Å². The summed E-state index contributed by atoms with van der Waals surface area (Å²) in [6.07, 6.45) is 5.03. The van der Waals surface area contributed by atoms with Gasteiger partial charge < -0.3 is 15.3 Å². The normalized spacial score (nSPS) is 18.5. The molecule has 0 aromatic carbocycles. The Morgan fingerprint density at radius 3 is 2.69 bits per heavy atom. The molecule has 0 saturated carbocycles. The Labute approximate surface area is 98.0 Å². The molecule has 1 aliphatic rings. The summed E-state index contributed by atoms with van der Waals surface area (Å²) in [6.45, 7) is 4.89. The van der Waals surface area contributed by atoms with Crippen LogP contribution in [0.15, 0.2) is 0 Å². The second-order valence-electron chi connectivity index (χ2n) is 4.61. The van der Waals surface area contributed by atoms with E-state index in [2.05, 4.69) is 5.32 Å². The molecule has 1 fully saturated rings. The minimum absolute atomic E-state index is 0.219. The molecule has 0 aromatic rings. The molecule has 1 atom stereocenters. The standard InChI is InChI=1S/C12H24N2O2/c1-11(15)6-5-7-13-10-12(16)14-8-3-2-4-9-14/h11,13,15H,2-10H2,1H3. The first-order chi connectivity index (χ1) is 7.70. The number of carbonyl (C=O) groups excluding carboxylic acids is 1. The number of likely N-dealkylation sites (tertiary alicyclic amines) is 1. The summed E-state index contributed by atoms with van der Waals surface area (Å²) in [5, 5.41) is 12.2. The van der Waals surface area contributed by atoms with E-state index in [1.54, 1.807) is 6.92 Å². The maximum atomic E-state index is 11.7. The van der Waals surface area contributed by atoms with Crippen LogP contribution in [0, 0.1) is 0 Å². The molecule has 0 aliphatic carbocycles. The molecule has 2 N–H and O–H groups in total. The van der Waals surface area contributed by atoms with Crippen LogP contribution in [-0.2, 0) is 4.79 Å². The van der Waals surface area contributed by atoms with Gasteiger partial charge in [-0.05, 0) is 45.6 Å². The van der Waals surface area contributed by atoms with Gasteiger partial charge in [-0.3, -0.25) is 4.79 Å². The zero-order chi connectivity index (χ0) is 11.8. The van der Waals surface area contributed by atoms with Crippen LogP contribution in [0.4, 0.5) is 0 Å². The van der Waals surface area contributed by atoms with Crippen LogP contribution in [0.1, 0.15) is 39.0 Å². The summed E-state index contributed by atoms with van der Waals surface area (Å²) in [5.74, 6) is 0.219. The minimum Gasteiger partial charge on any atom is -0.393 e. The Kier molecular flexibility index (Phi) is 6.42. The Morgan fingerprint density at radius 2 is 2.06 bits per heavy atom. The molecule has 1 saturated heterocycles. The highest BCUT2D eigenvalue weighted by Gasteiger charge is 2.15. The predicted octanol–water partition coefficient (Wildman–Crippen LogP) is 0.749. The Bertz CT molecular complexity index is 201. The summed E-state index contributed by atoms with van der Waals surface area (Å²) < 4.78 is 0. The molecule has 0 bridgehead atoms. The second kappa shape index (κ2) is 7.63. The lowest BCUT2D eigenvalue weighted by Gasteiger charge is -2.26. The Hall–Kier alpha value is -0.610. The van der Waals surface area contributed by atoms with Crippen molar-refractivity contribution in [2.24, 2.45) is 0 Å². The van der Waals surface area contributed by atoms with Crippen LogP contribution in [0.3, 0.4) is 0 Å². The molecule has 0 aromatic heterocycles. The van der Waals surface area contributed by atoms with Crippen molar-refractivity contribution in [3.8, 4) is 0 Å². The number of carbonyl (C=O) groups is 1. The third kappa shape index (κ3) is 5.47. The average Bonchev–Trinajstić information content (AvgIpc) is 2.29. The van der Waals surface area contributed by atoms with Crippen LogP contribution < -0.4 is 5.32 Å². The lowest BCUT2D eigenvalue weighted by atomic mass is 10.1. The van der Waals surface area contributed by atoms with Gasteiger partial charge in [-0.25, -0.2) is 0 Å². The number of aliphatic hydroxyl groups excluding tert-OH is 1. The van der Waals surface area contributed by atoms with E-state index in [-0.39, 0.29) is 12.0 Å². The number of nitrogens with one attached hydrogen (secondary N) is 1. The lowest BCUT2D eigenvalue weighted by Crippen LogP contribution is -2.41. The van der Waals surface area contributed by atoms with Gasteiger partial charge in [0.05, 0.1) is 12.6 Å². The van der Waals surface area contributed by atoms with Gasteiger partial charge >= 0.3 is 0 Å². The number of amides is 1. The third-order valence-corrected chi connectivity index (χ3v) is 2.96. The van der Waals surface area contributed by atoms with Crippen molar-refractivity contribution in [2.45, 2.75) is 45.1 Å². The van der Waals surface area contributed by atoms with Gasteiger partial charge in [-0.15, -0.1) is 0 Å². The molecule has 1 heterocycles. The largest absolute Gasteiger partial charge is 0.393 e. The van der Waals surface area contributed by atoms with Crippen molar-refractivity contribution in [1.82, 2.24) is 10.2 Å². The zero-order valence-electron chi connectivity index (χ0n) is 10.2. The highest BCUT2D eigenvalue weighted by Crippen LogP contribution is 2.08. The molecule has 4 heteroatoms. The topological polar surface area (TPSA) is 52.6 Å². The van der Waals surface area contributed by atoms with Crippen molar-refractivity contribution in [2.75, 3.05) is 26.2 Å². The fourth-order valence-corrected chi connectivity index (χ4v) is 1.97. The predicted molar refractivity (Wildman–Crippen MR) is 64.2 cm³/mol. The van der Waals surface area contributed by atoms with E-state index in [1.807, 2.05) is 4.90 Å². The first-order valence-electron chi connectivity index (χ1n) is 6.36. The minimum atomic E-state index is -0.236. The molecule has 0 radical (unpaired) electrons. The van der Waals surface area contributed by atoms with Gasteiger partial charge in [0.2, 0.25) is 5.91 Å². The molecule has 16 heavy (non-hydrogen) atoms. The molecule has 1 amide bonds. The Morgan fingerprint density at radius 1 is 1.38 bits per heavy atom. The van der Waals surface area contributed by atoms with Crippen LogP contribution in [0.5, 0.6) is 0 Å². The van der Waals surface area contributed by atoms with E-state index in [1.165, 1.54) is 6.42 Å². The van der Waals surface area contributed by atoms with E-state index in [0.29, 0.717) is 6.54 Å². The summed E-state index contributed by atoms with van der Waals surface area (Å²) in [4.78, 5) is 13.7. The maximum Gasteiger partial charge on any atom is 0.236 e. The fourth-order valence-electron chi connectivity index (χ4n) is 1.97. The van der Waals surface area contributed by atoms with Gasteiger partial charge in [0.25, 0.3) is 0 Å². The van der Waals surface area contributed by atoms with Gasteiger partial charge in [0.1, 0.15) is 0 Å². The number of rotatable bonds is 6. The highest BCUT2D eigenvalue weighted by molar-refractivity contribution is 5.78. The lowest BCUT2D eigenvalue weighted by molar-refractivity contribution is -0.131. The summed E-state index contributed by atoms with van der Waals surface area (Å²) >= 11 is 0. The number of hydrogen-bond donors (Lipinski definition) is 2. The summed E-state index contributed by atoms with van der Waals surface area (Å²) in [7, 11) is 0. The third-order valence-electron chi connectivity index (χ3n) is 2.96. The van der Waals surface area contributed by atoms with Gasteiger partial charge in [-0.2, -0.15) is 0 Å². The number of aliphatic hydroxyl groups is 1. The van der Waals surface area contributed by atoms with Crippen LogP contribution in [0.2, 0.25) is 0 Å². The Balaban J connectivity index is 2.01. The molecule has 1 aliphatic heterocycles. The number of piperidine rings is 1. The number of hydrogen-bond acceptors (Lipinski definition) is 3. The van der Waals surface area contributed by atoms with E-state index in [4.69, 9.17) is 5.11 Å². The van der Waals surface area contributed by atoms with E-state index >= 15 is 0 Å². The molecule has 1 rings (SSSR count). The van der Waals surface area contributed by atoms with Crippen molar-refractivity contribution in [3.05, 3.63) is 0 Å². The molecule has 0 spiro atoms. The zero-order valence-corrected chi connectivity index (χ0v) is 10.2. The van der Waals surface area contributed by atoms with Gasteiger partial charge in [0.15, 0.2) is 0 Å². The van der Waals surface area contributed by atoms with E-state index in [0.717, 1.165) is 45.3 Å². The van der Waals surface area contributed by atoms with Gasteiger partial charge in [-0.1, -0.05) is 0 Å². The van der Waals surface area contributed by atoms with Crippen molar-refractivity contribution in [3.63, 3.8) is 0 Å². The second-order valence-corrected chi connectivity index (χ2v) is 4.61. The molecule has 1 unspecified atom stereocenters. The molecular formula is C12H24N2O2. The van der Waals surface area contributed by atoms with E-state index < -0.39 is 0 Å². The fraction of sp³-hybridized carbons (Fsp3) is 0.917. The summed E-state index contributed by atoms with van der Waals surface area (Å²) in [5.41, 5.74) is 0. The summed E-state index contributed by atoms with van der Waals surface area (Å²) in [6, 6.07) is 0. The van der Waals surface area contributed by atoms with Crippen LogP contribution in [-0.4, -0.2) is 48.2 Å². The van der Waals surface area contributed by atoms with Crippen molar-refractivity contribution < 1.29 is 9.90 Å². The van der Waals surface area contributed by atoms with E-state index in [9.17, 15) is 4.79 Å². The first kappa shape index (κ1) is 13.5. The molecule has 94 valence electrons. The first-order valence-corrected chi connectivity index (χ1v) is 6.36. The van der Waals surface area contributed by atoms with Crippen molar-refractivity contribution in [1.29, 1.82) is 0 Å². The van der Waals surface area contributed by atoms with Crippen molar-refractivity contribution >= 4 is 5.91 Å².